The van der Waals surface area contributed by atoms with Crippen LogP contribution in [0.5, 0.6) is 0 Å². The molecule has 0 saturated heterocycles. The molecule has 2 nitrogen and oxygen atoms in total. The van der Waals surface area contributed by atoms with Crippen LogP contribution in [0.3, 0.4) is 0 Å². The lowest BCUT2D eigenvalue weighted by Gasteiger charge is -2.12. The van der Waals surface area contributed by atoms with Gasteiger partial charge in [0, 0.05) is 11.0 Å². The van der Waals surface area contributed by atoms with Crippen molar-refractivity contribution >= 4 is 15.9 Å². The van der Waals surface area contributed by atoms with Gasteiger partial charge in [0.2, 0.25) is 0 Å². The molecule has 3 heteroatoms. The second-order valence-electron chi connectivity index (χ2n) is 4.21. The molecule has 0 unspecified atom stereocenters. The molecule has 1 atom stereocenters. The van der Waals surface area contributed by atoms with Crippen LogP contribution in [-0.4, -0.2) is 0 Å². The molecular weight excluding hydrogens is 278 g/mol. The Balaban J connectivity index is 1.98. The van der Waals surface area contributed by atoms with E-state index < -0.39 is 0 Å². The van der Waals surface area contributed by atoms with Crippen molar-refractivity contribution in [1.82, 2.24) is 5.32 Å². The van der Waals surface area contributed by atoms with Crippen LogP contribution in [0.25, 0.3) is 0 Å². The summed E-state index contributed by atoms with van der Waals surface area (Å²) in [6.07, 6.45) is 1.70. The van der Waals surface area contributed by atoms with Crippen LogP contribution in [-0.2, 0) is 6.54 Å². The van der Waals surface area contributed by atoms with E-state index in [2.05, 4.69) is 53.3 Å². The first-order valence-electron chi connectivity index (χ1n) is 5.68. The van der Waals surface area contributed by atoms with Gasteiger partial charge in [0.1, 0.15) is 5.76 Å². The van der Waals surface area contributed by atoms with Crippen molar-refractivity contribution in [3.63, 3.8) is 0 Å². The Morgan fingerprint density at radius 2 is 2.18 bits per heavy atom. The van der Waals surface area contributed by atoms with Crippen molar-refractivity contribution in [1.29, 1.82) is 0 Å². The van der Waals surface area contributed by atoms with E-state index >= 15 is 0 Å². The summed E-state index contributed by atoms with van der Waals surface area (Å²) in [5.74, 6) is 0.966. The molecule has 0 aliphatic heterocycles. The zero-order chi connectivity index (χ0) is 12.3. The third-order valence-corrected chi connectivity index (χ3v) is 3.52. The van der Waals surface area contributed by atoms with Gasteiger partial charge in [-0.25, -0.2) is 0 Å². The summed E-state index contributed by atoms with van der Waals surface area (Å²) in [7, 11) is 0. The molecule has 0 amide bonds. The van der Waals surface area contributed by atoms with Crippen molar-refractivity contribution in [3.05, 3.63) is 58.0 Å². The number of benzene rings is 1. The summed E-state index contributed by atoms with van der Waals surface area (Å²) >= 11 is 3.58. The van der Waals surface area contributed by atoms with E-state index in [1.54, 1.807) is 6.26 Å². The highest BCUT2D eigenvalue weighted by Crippen LogP contribution is 2.20. The second-order valence-corrected chi connectivity index (χ2v) is 5.07. The largest absolute Gasteiger partial charge is 0.468 e. The number of halogens is 1. The minimum Gasteiger partial charge on any atom is -0.468 e. The minimum absolute atomic E-state index is 0.221. The zero-order valence-corrected chi connectivity index (χ0v) is 11.6. The standard InChI is InChI=1S/C14H16BrNO/c1-10-5-6-12(13(15)8-10)9-16-11(2)14-4-3-7-17-14/h3-8,11,16H,9H2,1-2H3/t11-/m0/s1. The molecule has 1 heterocycles. The summed E-state index contributed by atoms with van der Waals surface area (Å²) in [4.78, 5) is 0. The van der Waals surface area contributed by atoms with Crippen molar-refractivity contribution < 1.29 is 4.42 Å². The molecule has 1 N–H and O–H groups in total. The first-order valence-corrected chi connectivity index (χ1v) is 6.48. The van der Waals surface area contributed by atoms with E-state index in [1.165, 1.54) is 11.1 Å². The smallest absolute Gasteiger partial charge is 0.120 e. The maximum Gasteiger partial charge on any atom is 0.120 e. The van der Waals surface area contributed by atoms with Gasteiger partial charge in [-0.3, -0.25) is 0 Å². The maximum atomic E-state index is 5.36. The van der Waals surface area contributed by atoms with Gasteiger partial charge in [0.25, 0.3) is 0 Å². The average Bonchev–Trinajstić information content (AvgIpc) is 2.81. The van der Waals surface area contributed by atoms with Crippen molar-refractivity contribution in [2.45, 2.75) is 26.4 Å². The Bertz CT molecular complexity index is 479. The van der Waals surface area contributed by atoms with E-state index in [1.807, 2.05) is 12.1 Å². The molecule has 2 rings (SSSR count). The normalized spacial score (nSPS) is 12.6. The maximum absolute atomic E-state index is 5.36. The average molecular weight is 294 g/mol. The quantitative estimate of drug-likeness (QED) is 0.914. The summed E-state index contributed by atoms with van der Waals surface area (Å²) in [6.45, 7) is 5.01. The van der Waals surface area contributed by atoms with Crippen LogP contribution in [0.4, 0.5) is 0 Å². The zero-order valence-electron chi connectivity index (χ0n) is 10.0. The van der Waals surface area contributed by atoms with E-state index in [0.29, 0.717) is 0 Å². The van der Waals surface area contributed by atoms with E-state index in [0.717, 1.165) is 16.8 Å². The predicted octanol–water partition coefficient (Wildman–Crippen LogP) is 4.20. The van der Waals surface area contributed by atoms with E-state index in [4.69, 9.17) is 4.42 Å². The molecule has 2 aromatic rings. The van der Waals surface area contributed by atoms with Gasteiger partial charge < -0.3 is 9.73 Å². The lowest BCUT2D eigenvalue weighted by atomic mass is 10.1. The first-order chi connectivity index (χ1) is 8.16. The first kappa shape index (κ1) is 12.4. The number of rotatable bonds is 4. The molecule has 0 saturated carbocycles. The summed E-state index contributed by atoms with van der Waals surface area (Å²) < 4.78 is 6.51. The molecule has 0 bridgehead atoms. The molecule has 0 spiro atoms. The molecule has 1 aromatic heterocycles. The monoisotopic (exact) mass is 293 g/mol. The topological polar surface area (TPSA) is 25.2 Å². The van der Waals surface area contributed by atoms with Gasteiger partial charge in [0.05, 0.1) is 12.3 Å². The van der Waals surface area contributed by atoms with Gasteiger partial charge in [-0.15, -0.1) is 0 Å². The van der Waals surface area contributed by atoms with Crippen LogP contribution in [0, 0.1) is 6.92 Å². The Hall–Kier alpha value is -1.06. The highest BCUT2D eigenvalue weighted by molar-refractivity contribution is 9.10. The summed E-state index contributed by atoms with van der Waals surface area (Å²) in [5.41, 5.74) is 2.52. The van der Waals surface area contributed by atoms with Crippen LogP contribution in [0.15, 0.2) is 45.5 Å². The number of aryl methyl sites for hydroxylation is 1. The Kier molecular flexibility index (Phi) is 4.02. The third kappa shape index (κ3) is 3.20. The minimum atomic E-state index is 0.221. The number of furan rings is 1. The van der Waals surface area contributed by atoms with Crippen LogP contribution >= 0.6 is 15.9 Å². The highest BCUT2D eigenvalue weighted by Gasteiger charge is 2.08. The molecule has 17 heavy (non-hydrogen) atoms. The fourth-order valence-corrected chi connectivity index (χ4v) is 2.33. The lowest BCUT2D eigenvalue weighted by Crippen LogP contribution is -2.17. The molecule has 1 aromatic carbocycles. The fraction of sp³-hybridized carbons (Fsp3) is 0.286. The predicted molar refractivity (Wildman–Crippen MR) is 72.8 cm³/mol. The molecule has 0 aliphatic carbocycles. The summed E-state index contributed by atoms with van der Waals surface area (Å²) in [5, 5.41) is 3.44. The second kappa shape index (κ2) is 5.52. The van der Waals surface area contributed by atoms with Crippen molar-refractivity contribution in [3.8, 4) is 0 Å². The third-order valence-electron chi connectivity index (χ3n) is 2.78. The van der Waals surface area contributed by atoms with Gasteiger partial charge in [-0.2, -0.15) is 0 Å². The van der Waals surface area contributed by atoms with E-state index in [9.17, 15) is 0 Å². The van der Waals surface area contributed by atoms with E-state index in [-0.39, 0.29) is 6.04 Å². The Morgan fingerprint density at radius 3 is 2.82 bits per heavy atom. The summed E-state index contributed by atoms with van der Waals surface area (Å²) in [6, 6.07) is 10.5. The van der Waals surface area contributed by atoms with Gasteiger partial charge in [-0.1, -0.05) is 28.1 Å². The number of nitrogens with one attached hydrogen (secondary N) is 1. The molecule has 90 valence electrons. The molecule has 0 radical (unpaired) electrons. The van der Waals surface area contributed by atoms with Gasteiger partial charge in [0.15, 0.2) is 0 Å². The van der Waals surface area contributed by atoms with Crippen molar-refractivity contribution in [2.24, 2.45) is 0 Å². The number of hydrogen-bond donors (Lipinski definition) is 1. The fourth-order valence-electron chi connectivity index (χ4n) is 1.70. The Labute approximate surface area is 110 Å². The lowest BCUT2D eigenvalue weighted by molar-refractivity contribution is 0.430. The molecular formula is C14H16BrNO. The van der Waals surface area contributed by atoms with Crippen LogP contribution in [0.2, 0.25) is 0 Å². The van der Waals surface area contributed by atoms with Gasteiger partial charge >= 0.3 is 0 Å². The van der Waals surface area contributed by atoms with Crippen LogP contribution in [0.1, 0.15) is 29.9 Å². The molecule has 0 aliphatic rings. The Morgan fingerprint density at radius 1 is 1.35 bits per heavy atom. The molecule has 0 fully saturated rings. The van der Waals surface area contributed by atoms with Crippen LogP contribution < -0.4 is 5.32 Å². The SMILES string of the molecule is Cc1ccc(CN[C@@H](C)c2ccco2)c(Br)c1. The van der Waals surface area contributed by atoms with Gasteiger partial charge in [-0.05, 0) is 43.2 Å². The number of hydrogen-bond acceptors (Lipinski definition) is 2. The van der Waals surface area contributed by atoms with Crippen molar-refractivity contribution in [2.75, 3.05) is 0 Å². The highest BCUT2D eigenvalue weighted by atomic mass is 79.9.